The summed E-state index contributed by atoms with van der Waals surface area (Å²) in [4.78, 5) is 0. The predicted molar refractivity (Wildman–Crippen MR) is 529 cm³/mol. The minimum absolute atomic E-state index is 0. The van der Waals surface area contributed by atoms with Crippen molar-refractivity contribution < 1.29 is 104 Å². The van der Waals surface area contributed by atoms with Gasteiger partial charge in [0.1, 0.15) is 0 Å². The number of allylic oxidation sites excluding steroid dienone is 2. The SMILES string of the molecule is CC(C)(C)CC1CCC2c3ccccc3C=CC12.CC1C(C)C(C)C(C)C1C.CC1C(C)C(C)C(CC2CCC3C4CCCCC4CCC23)C1C.CC1CC(C)C(C)C1C.CC1CCC2C=Cc3ccccc3C12.CC1CCC2CCC3CCCCC3C12.CCCCC1CCCC1.[CH3-].[CH3-].[CH3-].[CH3-].[CH3-].[CH3-].[CH3-].[CH3-].[CH3-].[CH3-].[CH3-].[CH3-].[CH3-].[CH3-].[CH3-].[CH3-].[Hf+4].[Hf+4].[Hf+4].[Zr+4]. The largest absolute Gasteiger partial charge is 4.00 e. The van der Waals surface area contributed by atoms with E-state index in [0.717, 1.165) is 183 Å². The molecular weight excluding hydrogens is 1980 g/mol. The number of hydrogen-bond acceptors (Lipinski definition) is 0. The first-order valence-corrected chi connectivity index (χ1v) is 44.0. The van der Waals surface area contributed by atoms with Gasteiger partial charge < -0.3 is 119 Å². The van der Waals surface area contributed by atoms with E-state index in [1.54, 1.807) is 101 Å². The Morgan fingerprint density at radius 1 is 0.342 bits per heavy atom. The first-order valence-electron chi connectivity index (χ1n) is 44.0. The fraction of sp³-hybridized carbons (Fsp3) is 0.717. The Hall–Kier alpha value is 1.41. The van der Waals surface area contributed by atoms with Crippen LogP contribution in [0.3, 0.4) is 0 Å². The maximum Gasteiger partial charge on any atom is 4.00 e. The van der Waals surface area contributed by atoms with E-state index in [2.05, 4.69) is 204 Å². The zero-order valence-electron chi connectivity index (χ0n) is 85.5. The Morgan fingerprint density at radius 2 is 0.744 bits per heavy atom. The molecule has 0 radical (unpaired) electrons. The molecule has 0 saturated heterocycles. The van der Waals surface area contributed by atoms with Crippen LogP contribution in [0.2, 0.25) is 0 Å². The molecular formula is C113H208Hf3Zr. The van der Waals surface area contributed by atoms with Crippen LogP contribution in [0.5, 0.6) is 0 Å². The van der Waals surface area contributed by atoms with Gasteiger partial charge in [0.15, 0.2) is 0 Å². The van der Waals surface area contributed by atoms with Crippen molar-refractivity contribution in [3.05, 3.63) is 202 Å². The second-order valence-electron chi connectivity index (χ2n) is 40.0. The molecule has 0 N–H and O–H groups in total. The Labute approximate surface area is 822 Å². The first-order chi connectivity index (χ1) is 46.5. The van der Waals surface area contributed by atoms with Crippen LogP contribution >= 0.6 is 0 Å². The van der Waals surface area contributed by atoms with Gasteiger partial charge in [-0.25, -0.2) is 0 Å². The van der Waals surface area contributed by atoms with Crippen molar-refractivity contribution in [1.82, 2.24) is 0 Å². The van der Waals surface area contributed by atoms with E-state index in [4.69, 9.17) is 0 Å². The third kappa shape index (κ3) is 35.7. The second kappa shape index (κ2) is 66.7. The van der Waals surface area contributed by atoms with Crippen LogP contribution in [0.4, 0.5) is 0 Å². The summed E-state index contributed by atoms with van der Waals surface area (Å²) in [6.45, 7) is 46.1. The maximum atomic E-state index is 2.57. The van der Waals surface area contributed by atoms with Crippen LogP contribution in [0.25, 0.3) is 12.2 Å². The third-order valence-electron chi connectivity index (χ3n) is 33.9. The molecule has 676 valence electrons. The van der Waals surface area contributed by atoms with E-state index >= 15 is 0 Å². The molecule has 12 saturated carbocycles. The molecule has 117 heavy (non-hydrogen) atoms. The number of benzene rings is 2. The topological polar surface area (TPSA) is 0 Å². The summed E-state index contributed by atoms with van der Waals surface area (Å²) in [5, 5.41) is 0. The molecule has 14 aliphatic carbocycles. The molecule has 0 spiro atoms. The van der Waals surface area contributed by atoms with Gasteiger partial charge >= 0.3 is 104 Å². The summed E-state index contributed by atoms with van der Waals surface area (Å²) >= 11 is 0. The van der Waals surface area contributed by atoms with Crippen molar-refractivity contribution in [1.29, 1.82) is 0 Å². The number of unbranched alkanes of at least 4 members (excludes halogenated alkanes) is 1. The summed E-state index contributed by atoms with van der Waals surface area (Å²) in [6.07, 6.45) is 55.1. The Morgan fingerprint density at radius 3 is 1.24 bits per heavy atom. The van der Waals surface area contributed by atoms with Crippen LogP contribution in [0, 0.1) is 296 Å². The fourth-order valence-corrected chi connectivity index (χ4v) is 26.4. The van der Waals surface area contributed by atoms with Crippen molar-refractivity contribution >= 4 is 12.2 Å². The van der Waals surface area contributed by atoms with Crippen LogP contribution in [-0.4, -0.2) is 0 Å². The number of hydrogen-bond donors (Lipinski definition) is 0. The number of fused-ring (bicyclic) bond motifs is 12. The predicted octanol–water partition coefficient (Wildman–Crippen LogP) is 36.8. The van der Waals surface area contributed by atoms with Gasteiger partial charge in [0, 0.05) is 0 Å². The van der Waals surface area contributed by atoms with Crippen LogP contribution < -0.4 is 0 Å². The molecule has 16 rings (SSSR count). The molecule has 0 heterocycles. The molecule has 2 aromatic rings. The summed E-state index contributed by atoms with van der Waals surface area (Å²) < 4.78 is 0. The van der Waals surface area contributed by atoms with Crippen LogP contribution in [0.1, 0.15) is 358 Å². The maximum absolute atomic E-state index is 2.57. The molecule has 24 atom stereocenters. The summed E-state index contributed by atoms with van der Waals surface area (Å²) in [5.74, 6) is 30.7. The zero-order valence-corrected chi connectivity index (χ0v) is 98.8. The van der Waals surface area contributed by atoms with Gasteiger partial charge in [-0.1, -0.05) is 294 Å². The summed E-state index contributed by atoms with van der Waals surface area (Å²) in [7, 11) is 0. The smallest absolute Gasteiger partial charge is 0.358 e. The van der Waals surface area contributed by atoms with Gasteiger partial charge in [-0.05, 0) is 314 Å². The number of rotatable bonds is 6. The summed E-state index contributed by atoms with van der Waals surface area (Å²) in [6, 6.07) is 17.8. The normalized spacial score (nSPS) is 36.4. The molecule has 14 aliphatic rings. The quantitative estimate of drug-likeness (QED) is 0.200. The molecule has 0 aliphatic heterocycles. The molecule has 0 bridgehead atoms. The van der Waals surface area contributed by atoms with Crippen molar-refractivity contribution in [2.45, 2.75) is 336 Å². The van der Waals surface area contributed by atoms with Gasteiger partial charge in [0.2, 0.25) is 0 Å². The van der Waals surface area contributed by atoms with E-state index in [1.165, 1.54) is 114 Å². The van der Waals surface area contributed by atoms with E-state index in [1.807, 2.05) is 0 Å². The van der Waals surface area contributed by atoms with Gasteiger partial charge in [0.25, 0.3) is 0 Å². The third-order valence-corrected chi connectivity index (χ3v) is 33.9. The first kappa shape index (κ1) is 141. The van der Waals surface area contributed by atoms with E-state index in [-0.39, 0.29) is 223 Å². The molecule has 24 unspecified atom stereocenters. The average Bonchev–Trinajstić information content (AvgIpc) is 1.14. The van der Waals surface area contributed by atoms with Gasteiger partial charge in [0.05, 0.1) is 0 Å². The van der Waals surface area contributed by atoms with Crippen molar-refractivity contribution in [3.8, 4) is 0 Å². The Balaban J connectivity index is -0.000000124. The molecule has 2 aromatic carbocycles. The molecule has 0 aromatic heterocycles. The van der Waals surface area contributed by atoms with Crippen molar-refractivity contribution in [2.75, 3.05) is 0 Å². The van der Waals surface area contributed by atoms with Crippen molar-refractivity contribution in [2.24, 2.45) is 177 Å². The Kier molecular flexibility index (Phi) is 80.7. The van der Waals surface area contributed by atoms with E-state index in [9.17, 15) is 0 Å². The van der Waals surface area contributed by atoms with Crippen molar-refractivity contribution in [3.63, 3.8) is 0 Å². The molecule has 4 heteroatoms. The van der Waals surface area contributed by atoms with E-state index < -0.39 is 0 Å². The molecule has 12 fully saturated rings. The minimum atomic E-state index is 0. The van der Waals surface area contributed by atoms with Crippen LogP contribution in [-0.2, 0) is 104 Å². The zero-order chi connectivity index (χ0) is 69.4. The van der Waals surface area contributed by atoms with Gasteiger partial charge in [-0.15, -0.1) is 0 Å². The molecule has 0 amide bonds. The van der Waals surface area contributed by atoms with Crippen LogP contribution in [0.15, 0.2) is 60.7 Å². The van der Waals surface area contributed by atoms with Gasteiger partial charge in [-0.3, -0.25) is 0 Å². The fourth-order valence-electron chi connectivity index (χ4n) is 26.4. The minimum Gasteiger partial charge on any atom is -0.358 e. The average molecular weight is 2190 g/mol. The standard InChI is InChI=1S/C23H40.C18H24.C14H24.C14H16.C10H20.2C9H18.16CH3.3Hf.Zr/c1-14-15(2)17(4)23(16(14)3)13-19-10-12-22-20-8-6-5-7-18(20)9-11-21(19)22;1-18(2,3)12-14-9-11-17-15-7-5-4-6-13(15)8-10-16(14)17;2*1-10-6-7-12-9-8-11-4-2-3-5-13(11)14(10)12;1-6-7(2)9(4)10(5)8(6)3;1-6-5-7(2)9(4)8(6)3;1-2-3-6-9-7-4-5-8-9;;;;;;;;;;;;;;;;;;;;/h14-23H,5-13H2,1-4H3;4-8,10,14,16-17H,9,11-12H2,1-3H3;10-14H,2-9H2,1H3;2-5,8-10,12,14H,6-7H2,1H3;6-10H,1-5H3;6-9H,5H2,1-4H3;9H,2-8H2,1H3;16*1H3;;;;/q;;;;;;;16*-1;4*+4. The van der Waals surface area contributed by atoms with E-state index in [0.29, 0.717) is 5.41 Å². The molecule has 0 nitrogen and oxygen atoms in total. The summed E-state index contributed by atoms with van der Waals surface area (Å²) in [5.41, 5.74) is 6.55. The Bertz CT molecular complexity index is 2640. The van der Waals surface area contributed by atoms with Gasteiger partial charge in [-0.2, -0.15) is 0 Å². The monoisotopic (exact) mass is 2200 g/mol. The second-order valence-corrected chi connectivity index (χ2v) is 40.0.